The molecule has 0 heterocycles. The van der Waals surface area contributed by atoms with Crippen molar-refractivity contribution in [2.24, 2.45) is 0 Å². The Hall–Kier alpha value is -1.43. The van der Waals surface area contributed by atoms with Crippen molar-refractivity contribution in [1.82, 2.24) is 0 Å². The molecule has 4 heteroatoms. The van der Waals surface area contributed by atoms with Crippen molar-refractivity contribution in [3.8, 4) is 0 Å². The standard InChI is InChI=1S/C14H11FINO/c1-8-3-2-4-10(13(8)16)14(18)9-5-6-12(17)11(15)7-9/h2-7H,17H2,1H3. The van der Waals surface area contributed by atoms with E-state index in [1.54, 1.807) is 12.1 Å². The average Bonchev–Trinajstić information content (AvgIpc) is 2.35. The van der Waals surface area contributed by atoms with Crippen LogP contribution in [-0.4, -0.2) is 5.78 Å². The molecule has 0 amide bonds. The number of hydrogen-bond donors (Lipinski definition) is 1. The molecule has 92 valence electrons. The quantitative estimate of drug-likeness (QED) is 0.509. The van der Waals surface area contributed by atoms with E-state index >= 15 is 0 Å². The molecule has 0 radical (unpaired) electrons. The van der Waals surface area contributed by atoms with Gasteiger partial charge in [-0.2, -0.15) is 0 Å². The highest BCUT2D eigenvalue weighted by atomic mass is 127. The zero-order valence-corrected chi connectivity index (χ0v) is 11.9. The first-order valence-corrected chi connectivity index (χ1v) is 6.43. The molecule has 0 spiro atoms. The molecule has 0 aliphatic heterocycles. The van der Waals surface area contributed by atoms with E-state index in [0.717, 1.165) is 9.13 Å². The number of ketones is 1. The first kappa shape index (κ1) is 13.0. The predicted octanol–water partition coefficient (Wildman–Crippen LogP) is 3.55. The van der Waals surface area contributed by atoms with Gasteiger partial charge in [-0.15, -0.1) is 0 Å². The molecule has 0 saturated carbocycles. The van der Waals surface area contributed by atoms with Gasteiger partial charge in [0.2, 0.25) is 0 Å². The lowest BCUT2D eigenvalue weighted by molar-refractivity contribution is 0.103. The number of nitrogen functional groups attached to an aromatic ring is 1. The van der Waals surface area contributed by atoms with E-state index in [2.05, 4.69) is 22.6 Å². The summed E-state index contributed by atoms with van der Waals surface area (Å²) in [6, 6.07) is 9.62. The Balaban J connectivity index is 2.48. The largest absolute Gasteiger partial charge is 0.396 e. The molecule has 0 aromatic heterocycles. The van der Waals surface area contributed by atoms with Crippen LogP contribution < -0.4 is 5.73 Å². The zero-order valence-electron chi connectivity index (χ0n) is 9.71. The van der Waals surface area contributed by atoms with Crippen molar-refractivity contribution < 1.29 is 9.18 Å². The van der Waals surface area contributed by atoms with Gasteiger partial charge < -0.3 is 5.73 Å². The summed E-state index contributed by atoms with van der Waals surface area (Å²) in [5.74, 6) is -0.759. The smallest absolute Gasteiger partial charge is 0.194 e. The van der Waals surface area contributed by atoms with Crippen LogP contribution in [0.4, 0.5) is 10.1 Å². The minimum atomic E-state index is -0.566. The van der Waals surface area contributed by atoms with Crippen LogP contribution in [-0.2, 0) is 0 Å². The zero-order chi connectivity index (χ0) is 13.3. The first-order valence-electron chi connectivity index (χ1n) is 5.35. The first-order chi connectivity index (χ1) is 8.50. The Labute approximate surface area is 118 Å². The molecule has 2 aromatic rings. The number of hydrogen-bond acceptors (Lipinski definition) is 2. The van der Waals surface area contributed by atoms with E-state index in [-0.39, 0.29) is 11.5 Å². The van der Waals surface area contributed by atoms with Gasteiger partial charge in [-0.25, -0.2) is 4.39 Å². The number of nitrogens with two attached hydrogens (primary N) is 1. The third-order valence-corrected chi connectivity index (χ3v) is 4.13. The van der Waals surface area contributed by atoms with Crippen LogP contribution in [0.3, 0.4) is 0 Å². The van der Waals surface area contributed by atoms with Crippen LogP contribution in [0.25, 0.3) is 0 Å². The van der Waals surface area contributed by atoms with E-state index in [1.165, 1.54) is 12.1 Å². The van der Waals surface area contributed by atoms with Gasteiger partial charge in [0.05, 0.1) is 5.69 Å². The lowest BCUT2D eigenvalue weighted by Crippen LogP contribution is -2.06. The van der Waals surface area contributed by atoms with Gasteiger partial charge in [0.25, 0.3) is 0 Å². The predicted molar refractivity (Wildman–Crippen MR) is 78.1 cm³/mol. The highest BCUT2D eigenvalue weighted by molar-refractivity contribution is 14.1. The molecule has 2 nitrogen and oxygen atoms in total. The highest BCUT2D eigenvalue weighted by Crippen LogP contribution is 2.21. The summed E-state index contributed by atoms with van der Waals surface area (Å²) >= 11 is 2.12. The minimum absolute atomic E-state index is 0.0467. The maximum Gasteiger partial charge on any atom is 0.194 e. The lowest BCUT2D eigenvalue weighted by atomic mass is 10.0. The second-order valence-electron chi connectivity index (χ2n) is 4.00. The summed E-state index contributed by atoms with van der Waals surface area (Å²) in [7, 11) is 0. The van der Waals surface area contributed by atoms with Gasteiger partial charge >= 0.3 is 0 Å². The Kier molecular flexibility index (Phi) is 3.65. The Morgan fingerprint density at radius 1 is 1.28 bits per heavy atom. The van der Waals surface area contributed by atoms with Crippen molar-refractivity contribution in [1.29, 1.82) is 0 Å². The van der Waals surface area contributed by atoms with Crippen molar-refractivity contribution in [2.75, 3.05) is 5.73 Å². The van der Waals surface area contributed by atoms with Crippen LogP contribution in [0.15, 0.2) is 36.4 Å². The monoisotopic (exact) mass is 355 g/mol. The molecule has 0 aliphatic rings. The summed E-state index contributed by atoms with van der Waals surface area (Å²) in [5.41, 5.74) is 7.36. The van der Waals surface area contributed by atoms with Crippen molar-refractivity contribution in [3.05, 3.63) is 62.5 Å². The molecule has 2 aromatic carbocycles. The molecule has 0 unspecified atom stereocenters. The van der Waals surface area contributed by atoms with Crippen LogP contribution in [0, 0.1) is 16.3 Å². The Bertz CT molecular complexity index is 625. The number of carbonyl (C=O) groups excluding carboxylic acids is 1. The fraction of sp³-hybridized carbons (Fsp3) is 0.0714. The number of rotatable bonds is 2. The fourth-order valence-electron chi connectivity index (χ4n) is 1.65. The van der Waals surface area contributed by atoms with Crippen molar-refractivity contribution in [2.45, 2.75) is 6.92 Å². The second kappa shape index (κ2) is 5.06. The molecule has 2 rings (SSSR count). The van der Waals surface area contributed by atoms with Crippen molar-refractivity contribution >= 4 is 34.1 Å². The summed E-state index contributed by atoms with van der Waals surface area (Å²) in [6.07, 6.45) is 0. The average molecular weight is 355 g/mol. The Morgan fingerprint density at radius 2 is 2.00 bits per heavy atom. The highest BCUT2D eigenvalue weighted by Gasteiger charge is 2.14. The van der Waals surface area contributed by atoms with Gasteiger partial charge in [-0.05, 0) is 59.3 Å². The molecular formula is C14H11FINO. The molecule has 0 bridgehead atoms. The molecule has 18 heavy (non-hydrogen) atoms. The SMILES string of the molecule is Cc1cccc(C(=O)c2ccc(N)c(F)c2)c1I. The van der Waals surface area contributed by atoms with E-state index in [1.807, 2.05) is 19.1 Å². The molecule has 0 fully saturated rings. The normalized spacial score (nSPS) is 10.4. The van der Waals surface area contributed by atoms with E-state index in [0.29, 0.717) is 11.1 Å². The van der Waals surface area contributed by atoms with Crippen molar-refractivity contribution in [3.63, 3.8) is 0 Å². The van der Waals surface area contributed by atoms with Crippen LogP contribution >= 0.6 is 22.6 Å². The van der Waals surface area contributed by atoms with Gasteiger partial charge in [0.1, 0.15) is 5.82 Å². The third kappa shape index (κ3) is 2.38. The summed E-state index contributed by atoms with van der Waals surface area (Å²) < 4.78 is 14.2. The van der Waals surface area contributed by atoms with E-state index in [9.17, 15) is 9.18 Å². The van der Waals surface area contributed by atoms with Gasteiger partial charge in [-0.3, -0.25) is 4.79 Å². The van der Waals surface area contributed by atoms with E-state index < -0.39 is 5.82 Å². The maximum absolute atomic E-state index is 13.4. The van der Waals surface area contributed by atoms with Gasteiger partial charge in [-0.1, -0.05) is 12.1 Å². The maximum atomic E-state index is 13.4. The lowest BCUT2D eigenvalue weighted by Gasteiger charge is -2.07. The van der Waals surface area contributed by atoms with Gasteiger partial charge in [0.15, 0.2) is 5.78 Å². The van der Waals surface area contributed by atoms with Gasteiger partial charge in [0, 0.05) is 14.7 Å². The number of anilines is 1. The fourth-order valence-corrected chi connectivity index (χ4v) is 2.25. The topological polar surface area (TPSA) is 43.1 Å². The third-order valence-electron chi connectivity index (χ3n) is 2.70. The number of carbonyl (C=O) groups is 1. The van der Waals surface area contributed by atoms with E-state index in [4.69, 9.17) is 5.73 Å². The molecule has 2 N–H and O–H groups in total. The van der Waals surface area contributed by atoms with Crippen LogP contribution in [0.1, 0.15) is 21.5 Å². The number of halogens is 2. The number of benzene rings is 2. The second-order valence-corrected chi connectivity index (χ2v) is 5.08. The molecular weight excluding hydrogens is 344 g/mol. The van der Waals surface area contributed by atoms with Crippen LogP contribution in [0.2, 0.25) is 0 Å². The molecule has 0 saturated heterocycles. The number of aryl methyl sites for hydroxylation is 1. The minimum Gasteiger partial charge on any atom is -0.396 e. The Morgan fingerprint density at radius 3 is 2.67 bits per heavy atom. The summed E-state index contributed by atoms with van der Waals surface area (Å²) in [5, 5.41) is 0. The molecule has 0 aliphatic carbocycles. The molecule has 0 atom stereocenters. The summed E-state index contributed by atoms with van der Waals surface area (Å²) in [6.45, 7) is 1.93. The van der Waals surface area contributed by atoms with Crippen LogP contribution in [0.5, 0.6) is 0 Å². The summed E-state index contributed by atoms with van der Waals surface area (Å²) in [4.78, 5) is 12.3.